The van der Waals surface area contributed by atoms with Crippen LogP contribution in [-0.2, 0) is 9.53 Å². The molecule has 1 atom stereocenters. The zero-order valence-electron chi connectivity index (χ0n) is 10.4. The van der Waals surface area contributed by atoms with Crippen molar-refractivity contribution in [2.24, 2.45) is 5.92 Å². The second-order valence-corrected chi connectivity index (χ2v) is 3.81. The molecule has 1 aromatic carbocycles. The van der Waals surface area contributed by atoms with Crippen molar-refractivity contribution in [3.05, 3.63) is 29.3 Å². The Labute approximate surface area is 101 Å². The van der Waals surface area contributed by atoms with Crippen molar-refractivity contribution in [2.75, 3.05) is 14.2 Å². The van der Waals surface area contributed by atoms with Crippen LogP contribution in [0.25, 0.3) is 0 Å². The molecule has 92 valence electrons. The Morgan fingerprint density at radius 2 is 1.88 bits per heavy atom. The molecule has 0 amide bonds. The smallest absolute Gasteiger partial charge is 0.316 e. The predicted molar refractivity (Wildman–Crippen MR) is 63.2 cm³/mol. The van der Waals surface area contributed by atoms with Gasteiger partial charge < -0.3 is 9.47 Å². The molecule has 0 spiro atoms. The first kappa shape index (κ1) is 13.2. The molecule has 4 heteroatoms. The average molecular weight is 236 g/mol. The summed E-state index contributed by atoms with van der Waals surface area (Å²) in [6, 6.07) is 5.23. The van der Waals surface area contributed by atoms with Gasteiger partial charge in [0.15, 0.2) is 5.78 Å². The van der Waals surface area contributed by atoms with Crippen molar-refractivity contribution < 1.29 is 19.1 Å². The van der Waals surface area contributed by atoms with Gasteiger partial charge in [0, 0.05) is 0 Å². The number of hydrogen-bond donors (Lipinski definition) is 0. The number of ether oxygens (including phenoxy) is 2. The topological polar surface area (TPSA) is 52.6 Å². The third kappa shape index (κ3) is 2.84. The lowest BCUT2D eigenvalue weighted by Gasteiger charge is -2.12. The standard InChI is InChI=1S/C13H16O4/c1-8-5-6-10(11(7-8)16-3)12(14)9(2)13(15)17-4/h5-7,9H,1-4H3. The third-order valence-electron chi connectivity index (χ3n) is 2.57. The van der Waals surface area contributed by atoms with Gasteiger partial charge in [0.25, 0.3) is 0 Å². The van der Waals surface area contributed by atoms with E-state index in [2.05, 4.69) is 4.74 Å². The summed E-state index contributed by atoms with van der Waals surface area (Å²) in [5.74, 6) is -1.19. The number of benzene rings is 1. The highest BCUT2D eigenvalue weighted by atomic mass is 16.5. The van der Waals surface area contributed by atoms with Gasteiger partial charge in [-0.1, -0.05) is 6.07 Å². The number of carbonyl (C=O) groups excluding carboxylic acids is 2. The van der Waals surface area contributed by atoms with E-state index in [9.17, 15) is 9.59 Å². The largest absolute Gasteiger partial charge is 0.496 e. The predicted octanol–water partition coefficient (Wildman–Crippen LogP) is 2.00. The molecular weight excluding hydrogens is 220 g/mol. The number of Topliss-reactive ketones (excluding diaryl/α,β-unsaturated/α-hetero) is 1. The fraction of sp³-hybridized carbons (Fsp3) is 0.385. The highest BCUT2D eigenvalue weighted by Gasteiger charge is 2.25. The molecule has 0 heterocycles. The van der Waals surface area contributed by atoms with Crippen molar-refractivity contribution >= 4 is 11.8 Å². The van der Waals surface area contributed by atoms with Crippen LogP contribution in [0.1, 0.15) is 22.8 Å². The highest BCUT2D eigenvalue weighted by Crippen LogP contribution is 2.23. The second-order valence-electron chi connectivity index (χ2n) is 3.81. The Balaban J connectivity index is 3.08. The van der Waals surface area contributed by atoms with Gasteiger partial charge in [-0.15, -0.1) is 0 Å². The normalized spacial score (nSPS) is 11.8. The Kier molecular flexibility index (Phi) is 4.26. The summed E-state index contributed by atoms with van der Waals surface area (Å²) < 4.78 is 9.69. The maximum atomic E-state index is 12.1. The quantitative estimate of drug-likeness (QED) is 0.456. The molecule has 4 nitrogen and oxygen atoms in total. The van der Waals surface area contributed by atoms with E-state index in [1.54, 1.807) is 18.2 Å². The number of hydrogen-bond acceptors (Lipinski definition) is 4. The molecular formula is C13H16O4. The van der Waals surface area contributed by atoms with Gasteiger partial charge >= 0.3 is 5.97 Å². The highest BCUT2D eigenvalue weighted by molar-refractivity contribution is 6.09. The van der Waals surface area contributed by atoms with Crippen LogP contribution in [0.15, 0.2) is 18.2 Å². The van der Waals surface area contributed by atoms with E-state index in [0.717, 1.165) is 5.56 Å². The van der Waals surface area contributed by atoms with Crippen molar-refractivity contribution in [1.29, 1.82) is 0 Å². The van der Waals surface area contributed by atoms with E-state index >= 15 is 0 Å². The van der Waals surface area contributed by atoms with Gasteiger partial charge in [0.2, 0.25) is 0 Å². The molecule has 17 heavy (non-hydrogen) atoms. The van der Waals surface area contributed by atoms with Crippen molar-refractivity contribution in [3.63, 3.8) is 0 Å². The van der Waals surface area contributed by atoms with E-state index in [0.29, 0.717) is 11.3 Å². The van der Waals surface area contributed by atoms with E-state index in [-0.39, 0.29) is 5.78 Å². The van der Waals surface area contributed by atoms with E-state index in [4.69, 9.17) is 4.74 Å². The van der Waals surface area contributed by atoms with Crippen LogP contribution in [0.4, 0.5) is 0 Å². The number of methoxy groups -OCH3 is 2. The SMILES string of the molecule is COC(=O)C(C)C(=O)c1ccc(C)cc1OC. The van der Waals surface area contributed by atoms with E-state index in [1.807, 2.05) is 6.92 Å². The summed E-state index contributed by atoms with van der Waals surface area (Å²) in [5.41, 5.74) is 1.39. The van der Waals surface area contributed by atoms with Crippen molar-refractivity contribution in [2.45, 2.75) is 13.8 Å². The average Bonchev–Trinajstić information content (AvgIpc) is 2.35. The molecule has 0 fully saturated rings. The van der Waals surface area contributed by atoms with Crippen LogP contribution in [0.3, 0.4) is 0 Å². The van der Waals surface area contributed by atoms with Crippen LogP contribution >= 0.6 is 0 Å². The van der Waals surface area contributed by atoms with Crippen LogP contribution < -0.4 is 4.74 Å². The number of rotatable bonds is 4. The maximum absolute atomic E-state index is 12.1. The van der Waals surface area contributed by atoms with Gasteiger partial charge in [0.05, 0.1) is 19.8 Å². The van der Waals surface area contributed by atoms with Crippen molar-refractivity contribution in [3.8, 4) is 5.75 Å². The Morgan fingerprint density at radius 1 is 1.24 bits per heavy atom. The second kappa shape index (κ2) is 5.48. The molecule has 0 N–H and O–H groups in total. The lowest BCUT2D eigenvalue weighted by atomic mass is 9.97. The molecule has 1 rings (SSSR count). The lowest BCUT2D eigenvalue weighted by molar-refractivity contribution is -0.143. The number of aryl methyl sites for hydroxylation is 1. The molecule has 0 aliphatic carbocycles. The molecule has 0 saturated heterocycles. The molecule has 1 aromatic rings. The number of ketones is 1. The molecule has 0 aliphatic rings. The Bertz CT molecular complexity index is 437. The maximum Gasteiger partial charge on any atom is 0.316 e. The first-order valence-corrected chi connectivity index (χ1v) is 5.28. The zero-order valence-corrected chi connectivity index (χ0v) is 10.4. The summed E-state index contributed by atoms with van der Waals surface area (Å²) in [7, 11) is 2.76. The van der Waals surface area contributed by atoms with Crippen molar-refractivity contribution in [1.82, 2.24) is 0 Å². The van der Waals surface area contributed by atoms with Gasteiger partial charge in [-0.25, -0.2) is 0 Å². The summed E-state index contributed by atoms with van der Waals surface area (Å²) in [4.78, 5) is 23.4. The first-order valence-electron chi connectivity index (χ1n) is 5.28. The molecule has 0 aromatic heterocycles. The summed E-state index contributed by atoms with van der Waals surface area (Å²) >= 11 is 0. The van der Waals surface area contributed by atoms with Crippen LogP contribution in [0.2, 0.25) is 0 Å². The molecule has 1 unspecified atom stereocenters. The molecule has 0 saturated carbocycles. The summed E-state index contributed by atoms with van der Waals surface area (Å²) in [5, 5.41) is 0. The minimum atomic E-state index is -0.823. The van der Waals surface area contributed by atoms with Gasteiger partial charge in [0.1, 0.15) is 11.7 Å². The fourth-order valence-corrected chi connectivity index (χ4v) is 1.52. The first-order chi connectivity index (χ1) is 8.01. The number of esters is 1. The Morgan fingerprint density at radius 3 is 2.41 bits per heavy atom. The van der Waals surface area contributed by atoms with E-state index in [1.165, 1.54) is 21.1 Å². The van der Waals surface area contributed by atoms with Gasteiger partial charge in [-0.2, -0.15) is 0 Å². The molecule has 0 radical (unpaired) electrons. The summed E-state index contributed by atoms with van der Waals surface area (Å²) in [6.45, 7) is 3.42. The van der Waals surface area contributed by atoms with Gasteiger partial charge in [-0.3, -0.25) is 9.59 Å². The fourth-order valence-electron chi connectivity index (χ4n) is 1.52. The Hall–Kier alpha value is -1.84. The molecule has 0 bridgehead atoms. The van der Waals surface area contributed by atoms with E-state index < -0.39 is 11.9 Å². The van der Waals surface area contributed by atoms with Gasteiger partial charge in [-0.05, 0) is 31.5 Å². The number of carbonyl (C=O) groups is 2. The minimum Gasteiger partial charge on any atom is -0.496 e. The van der Waals surface area contributed by atoms with Crippen LogP contribution in [-0.4, -0.2) is 26.0 Å². The monoisotopic (exact) mass is 236 g/mol. The molecule has 0 aliphatic heterocycles. The van der Waals surface area contributed by atoms with Crippen LogP contribution in [0, 0.1) is 12.8 Å². The van der Waals surface area contributed by atoms with Crippen LogP contribution in [0.5, 0.6) is 5.75 Å². The minimum absolute atomic E-state index is 0.297. The zero-order chi connectivity index (χ0) is 13.0. The lowest BCUT2D eigenvalue weighted by Crippen LogP contribution is -2.22. The third-order valence-corrected chi connectivity index (χ3v) is 2.57. The summed E-state index contributed by atoms with van der Waals surface area (Å²) in [6.07, 6.45) is 0.